The molecule has 2 heterocycles. The first-order chi connectivity index (χ1) is 9.70. The molecule has 1 aromatic carbocycles. The average Bonchev–Trinajstić information content (AvgIpc) is 2.90. The molecule has 108 valence electrons. The van der Waals surface area contributed by atoms with Gasteiger partial charge in [0, 0.05) is 19.1 Å². The third kappa shape index (κ3) is 2.22. The van der Waals surface area contributed by atoms with Gasteiger partial charge in [-0.25, -0.2) is 0 Å². The number of rotatable bonds is 2. The number of hydrogen-bond acceptors (Lipinski definition) is 4. The number of phenolic OH excluding ortho intramolecular Hbond substituents is 1. The Morgan fingerprint density at radius 2 is 2.30 bits per heavy atom. The highest BCUT2D eigenvalue weighted by atomic mass is 16.5. The van der Waals surface area contributed by atoms with Gasteiger partial charge in [-0.2, -0.15) is 0 Å². The Labute approximate surface area is 118 Å². The standard InChI is InChI=1S/C15H20N2O3/c1-20-13-6-2-5-11(14(13)18)15(19)17-8-10-4-3-7-16-12(10)9-17/h2,5-6,10,12,16,18H,3-4,7-9H2,1H3/t10-,12+/m0/s1. The summed E-state index contributed by atoms with van der Waals surface area (Å²) in [7, 11) is 1.48. The third-order valence-corrected chi connectivity index (χ3v) is 4.34. The fourth-order valence-electron chi connectivity index (χ4n) is 3.24. The predicted octanol–water partition coefficient (Wildman–Crippen LogP) is 1.22. The molecule has 2 fully saturated rings. The zero-order valence-electron chi connectivity index (χ0n) is 11.6. The van der Waals surface area contributed by atoms with E-state index in [1.165, 1.54) is 20.0 Å². The lowest BCUT2D eigenvalue weighted by Crippen LogP contribution is -2.41. The van der Waals surface area contributed by atoms with Crippen molar-refractivity contribution in [3.05, 3.63) is 23.8 Å². The lowest BCUT2D eigenvalue weighted by molar-refractivity contribution is 0.0782. The van der Waals surface area contributed by atoms with Crippen molar-refractivity contribution < 1.29 is 14.6 Å². The maximum Gasteiger partial charge on any atom is 0.257 e. The first-order valence-corrected chi connectivity index (χ1v) is 7.09. The normalized spacial score (nSPS) is 25.4. The number of aromatic hydroxyl groups is 1. The lowest BCUT2D eigenvalue weighted by atomic mass is 9.94. The van der Waals surface area contributed by atoms with E-state index in [0.717, 1.165) is 19.6 Å². The SMILES string of the molecule is COc1cccc(C(=O)N2C[C@@H]3CCCN[C@@H]3C2)c1O. The maximum absolute atomic E-state index is 12.6. The monoisotopic (exact) mass is 276 g/mol. The number of likely N-dealkylation sites (tertiary alicyclic amines) is 1. The van der Waals surface area contributed by atoms with Gasteiger partial charge >= 0.3 is 0 Å². The molecule has 0 bridgehead atoms. The van der Waals surface area contributed by atoms with E-state index < -0.39 is 0 Å². The molecule has 5 nitrogen and oxygen atoms in total. The minimum Gasteiger partial charge on any atom is -0.504 e. The number of carbonyl (C=O) groups is 1. The molecule has 0 spiro atoms. The summed E-state index contributed by atoms with van der Waals surface area (Å²) < 4.78 is 5.06. The Bertz CT molecular complexity index is 504. The molecule has 0 radical (unpaired) electrons. The molecule has 2 saturated heterocycles. The van der Waals surface area contributed by atoms with E-state index in [-0.39, 0.29) is 11.7 Å². The van der Waals surface area contributed by atoms with Crippen LogP contribution in [0.1, 0.15) is 23.2 Å². The fourth-order valence-corrected chi connectivity index (χ4v) is 3.24. The molecule has 2 aliphatic heterocycles. The number of ether oxygens (including phenoxy) is 1. The highest BCUT2D eigenvalue weighted by molar-refractivity contribution is 5.97. The predicted molar refractivity (Wildman–Crippen MR) is 75.1 cm³/mol. The van der Waals surface area contributed by atoms with Gasteiger partial charge < -0.3 is 20.1 Å². The summed E-state index contributed by atoms with van der Waals surface area (Å²) in [6.45, 7) is 2.53. The van der Waals surface area contributed by atoms with Gasteiger partial charge in [0.2, 0.25) is 0 Å². The Hall–Kier alpha value is -1.75. The van der Waals surface area contributed by atoms with Crippen LogP contribution in [-0.4, -0.2) is 48.7 Å². The third-order valence-electron chi connectivity index (χ3n) is 4.34. The molecule has 2 aliphatic rings. The zero-order valence-corrected chi connectivity index (χ0v) is 11.6. The maximum atomic E-state index is 12.6. The number of phenols is 1. The molecule has 1 amide bonds. The number of piperidine rings is 1. The number of para-hydroxylation sites is 1. The molecule has 5 heteroatoms. The van der Waals surface area contributed by atoms with Gasteiger partial charge in [0.25, 0.3) is 5.91 Å². The van der Waals surface area contributed by atoms with Crippen LogP contribution >= 0.6 is 0 Å². The quantitative estimate of drug-likeness (QED) is 0.853. The highest BCUT2D eigenvalue weighted by Gasteiger charge is 2.37. The number of fused-ring (bicyclic) bond motifs is 1. The van der Waals surface area contributed by atoms with Gasteiger partial charge in [0.15, 0.2) is 11.5 Å². The van der Waals surface area contributed by atoms with Crippen LogP contribution in [-0.2, 0) is 0 Å². The van der Waals surface area contributed by atoms with Crippen molar-refractivity contribution in [2.24, 2.45) is 5.92 Å². The second-order valence-corrected chi connectivity index (χ2v) is 5.53. The fraction of sp³-hybridized carbons (Fsp3) is 0.533. The van der Waals surface area contributed by atoms with Crippen LogP contribution in [0, 0.1) is 5.92 Å². The van der Waals surface area contributed by atoms with Crippen LogP contribution in [0.15, 0.2) is 18.2 Å². The van der Waals surface area contributed by atoms with Crippen molar-refractivity contribution in [2.75, 3.05) is 26.7 Å². The van der Waals surface area contributed by atoms with Crippen molar-refractivity contribution in [1.82, 2.24) is 10.2 Å². The van der Waals surface area contributed by atoms with Crippen molar-refractivity contribution >= 4 is 5.91 Å². The van der Waals surface area contributed by atoms with Crippen LogP contribution in [0.3, 0.4) is 0 Å². The lowest BCUT2D eigenvalue weighted by Gasteiger charge is -2.24. The summed E-state index contributed by atoms with van der Waals surface area (Å²) in [6.07, 6.45) is 2.35. The number of nitrogens with zero attached hydrogens (tertiary/aromatic N) is 1. The number of benzene rings is 1. The number of nitrogens with one attached hydrogen (secondary N) is 1. The van der Waals surface area contributed by atoms with Crippen LogP contribution in [0.5, 0.6) is 11.5 Å². The number of amides is 1. The molecule has 0 saturated carbocycles. The largest absolute Gasteiger partial charge is 0.504 e. The molecule has 1 aromatic rings. The van der Waals surface area contributed by atoms with Gasteiger partial charge in [-0.05, 0) is 37.4 Å². The smallest absolute Gasteiger partial charge is 0.257 e. The summed E-state index contributed by atoms with van der Waals surface area (Å²) in [5, 5.41) is 13.6. The Kier molecular flexibility index (Phi) is 3.53. The zero-order chi connectivity index (χ0) is 14.1. The molecule has 2 N–H and O–H groups in total. The summed E-state index contributed by atoms with van der Waals surface area (Å²) in [5.74, 6) is 0.700. The van der Waals surface area contributed by atoms with Gasteiger partial charge in [-0.15, -0.1) is 0 Å². The van der Waals surface area contributed by atoms with Gasteiger partial charge in [0.1, 0.15) is 0 Å². The van der Waals surface area contributed by atoms with E-state index in [2.05, 4.69) is 5.32 Å². The number of hydrogen-bond donors (Lipinski definition) is 2. The minimum absolute atomic E-state index is 0.0668. The number of methoxy groups -OCH3 is 1. The van der Waals surface area contributed by atoms with Crippen LogP contribution in [0.2, 0.25) is 0 Å². The summed E-state index contributed by atoms with van der Waals surface area (Å²) >= 11 is 0. The van der Waals surface area contributed by atoms with E-state index >= 15 is 0 Å². The topological polar surface area (TPSA) is 61.8 Å². The molecule has 0 aromatic heterocycles. The van der Waals surface area contributed by atoms with Crippen molar-refractivity contribution in [2.45, 2.75) is 18.9 Å². The molecule has 3 rings (SSSR count). The molecule has 0 aliphatic carbocycles. The molecule has 2 atom stereocenters. The van der Waals surface area contributed by atoms with Crippen molar-refractivity contribution in [3.8, 4) is 11.5 Å². The Morgan fingerprint density at radius 1 is 1.45 bits per heavy atom. The first-order valence-electron chi connectivity index (χ1n) is 7.09. The van der Waals surface area contributed by atoms with Crippen LogP contribution in [0.25, 0.3) is 0 Å². The van der Waals surface area contributed by atoms with Gasteiger partial charge in [0.05, 0.1) is 12.7 Å². The molecule has 0 unspecified atom stereocenters. The molecular weight excluding hydrogens is 256 g/mol. The van der Waals surface area contributed by atoms with Gasteiger partial charge in [-0.1, -0.05) is 6.07 Å². The van der Waals surface area contributed by atoms with Crippen LogP contribution in [0.4, 0.5) is 0 Å². The first kappa shape index (κ1) is 13.2. The van der Waals surface area contributed by atoms with E-state index in [1.807, 2.05) is 4.90 Å². The van der Waals surface area contributed by atoms with Gasteiger partial charge in [-0.3, -0.25) is 4.79 Å². The Morgan fingerprint density at radius 3 is 3.05 bits per heavy atom. The second kappa shape index (κ2) is 5.32. The van der Waals surface area contributed by atoms with E-state index in [0.29, 0.717) is 23.3 Å². The highest BCUT2D eigenvalue weighted by Crippen LogP contribution is 2.32. The number of carbonyl (C=O) groups excluding carboxylic acids is 1. The minimum atomic E-state index is -0.113. The molecular formula is C15H20N2O3. The van der Waals surface area contributed by atoms with E-state index in [1.54, 1.807) is 18.2 Å². The van der Waals surface area contributed by atoms with Crippen molar-refractivity contribution in [3.63, 3.8) is 0 Å². The average molecular weight is 276 g/mol. The molecule has 20 heavy (non-hydrogen) atoms. The Balaban J connectivity index is 1.80. The second-order valence-electron chi connectivity index (χ2n) is 5.53. The van der Waals surface area contributed by atoms with E-state index in [4.69, 9.17) is 4.74 Å². The summed E-state index contributed by atoms with van der Waals surface area (Å²) in [5.41, 5.74) is 0.322. The van der Waals surface area contributed by atoms with Crippen molar-refractivity contribution in [1.29, 1.82) is 0 Å². The summed E-state index contributed by atoms with van der Waals surface area (Å²) in [6, 6.07) is 5.43. The van der Waals surface area contributed by atoms with E-state index in [9.17, 15) is 9.90 Å². The van der Waals surface area contributed by atoms with Crippen LogP contribution < -0.4 is 10.1 Å². The summed E-state index contributed by atoms with van der Waals surface area (Å²) in [4.78, 5) is 14.4.